The van der Waals surface area contributed by atoms with Gasteiger partial charge in [0, 0.05) is 24.7 Å². The molecule has 9 unspecified atom stereocenters. The summed E-state index contributed by atoms with van der Waals surface area (Å²) in [6.45, 7) is 18.5. The van der Waals surface area contributed by atoms with Crippen molar-refractivity contribution in [2.45, 2.75) is 131 Å². The molecule has 5 aliphatic rings. The van der Waals surface area contributed by atoms with E-state index in [0.29, 0.717) is 18.3 Å². The molecular formula is C34H50O6. The molecule has 4 fully saturated rings. The van der Waals surface area contributed by atoms with Gasteiger partial charge in [0.25, 0.3) is 0 Å². The first-order valence-electron chi connectivity index (χ1n) is 15.4. The maximum atomic E-state index is 14.2. The number of cyclic esters (lactones) is 1. The van der Waals surface area contributed by atoms with Gasteiger partial charge in [-0.1, -0.05) is 51.0 Å². The number of allylic oxidation sites excluding steroid dienone is 4. The Hall–Kier alpha value is -2.11. The number of esters is 3. The highest BCUT2D eigenvalue weighted by Crippen LogP contribution is 2.76. The number of carbonyl (C=O) groups excluding carboxylic acids is 3. The molecule has 222 valence electrons. The first-order valence-corrected chi connectivity index (χ1v) is 15.4. The number of rotatable bonds is 5. The van der Waals surface area contributed by atoms with E-state index < -0.39 is 16.4 Å². The molecule has 1 saturated heterocycles. The number of carbonyl (C=O) groups is 3. The lowest BCUT2D eigenvalue weighted by molar-refractivity contribution is -0.176. The molecule has 0 aromatic rings. The number of fused-ring (bicyclic) bond motifs is 4. The van der Waals surface area contributed by atoms with E-state index in [0.717, 1.165) is 44.9 Å². The fourth-order valence-electron chi connectivity index (χ4n) is 10.8. The minimum absolute atomic E-state index is 0.0408. The van der Waals surface area contributed by atoms with E-state index in [-0.39, 0.29) is 46.9 Å². The third kappa shape index (κ3) is 3.97. The molecule has 40 heavy (non-hydrogen) atoms. The molecule has 0 N–H and O–H groups in total. The van der Waals surface area contributed by atoms with Crippen LogP contribution in [0, 0.1) is 39.4 Å². The molecule has 0 aromatic heterocycles. The van der Waals surface area contributed by atoms with Gasteiger partial charge in [-0.05, 0) is 89.4 Å². The molecule has 1 aliphatic heterocycles. The zero-order valence-corrected chi connectivity index (χ0v) is 26.1. The van der Waals surface area contributed by atoms with Crippen LogP contribution < -0.4 is 0 Å². The predicted octanol–water partition coefficient (Wildman–Crippen LogP) is 7.11. The number of hydrogen-bond donors (Lipinski definition) is 0. The van der Waals surface area contributed by atoms with E-state index in [2.05, 4.69) is 60.6 Å². The molecule has 9 atom stereocenters. The van der Waals surface area contributed by atoms with E-state index in [4.69, 9.17) is 14.2 Å². The van der Waals surface area contributed by atoms with Crippen molar-refractivity contribution in [2.75, 3.05) is 0 Å². The van der Waals surface area contributed by atoms with E-state index >= 15 is 0 Å². The van der Waals surface area contributed by atoms with Crippen LogP contribution in [-0.2, 0) is 28.6 Å². The summed E-state index contributed by atoms with van der Waals surface area (Å²) in [5, 5.41) is 0. The molecule has 0 aromatic carbocycles. The van der Waals surface area contributed by atoms with Crippen molar-refractivity contribution >= 4 is 17.9 Å². The SMILES string of the molecule is CC(=O)OC1CC2(C)C3=CCC4C(C)(C)C(OC(C)=O)CCC4(C)C3CCC23C(=O)OC(C)(CCC=C(C)C)C13. The van der Waals surface area contributed by atoms with Gasteiger partial charge in [0.05, 0.1) is 11.3 Å². The van der Waals surface area contributed by atoms with Crippen LogP contribution in [-0.4, -0.2) is 35.7 Å². The zero-order valence-electron chi connectivity index (χ0n) is 26.1. The summed E-state index contributed by atoms with van der Waals surface area (Å²) < 4.78 is 18.3. The summed E-state index contributed by atoms with van der Waals surface area (Å²) in [7, 11) is 0. The standard InChI is InChI=1S/C34H50O6/c1-20(2)11-10-16-33(9)28-25(38-21(3)35)19-32(8)24-12-13-26-30(5,6)27(39-22(4)36)15-17-31(26,7)23(24)14-18-34(28,32)29(37)40-33/h11-12,23,25-28H,10,13-19H2,1-9H3. The van der Waals surface area contributed by atoms with Gasteiger partial charge in [-0.2, -0.15) is 0 Å². The van der Waals surface area contributed by atoms with Crippen LogP contribution >= 0.6 is 0 Å². The molecule has 3 saturated carbocycles. The van der Waals surface area contributed by atoms with E-state index in [1.165, 1.54) is 25.0 Å². The third-order valence-electron chi connectivity index (χ3n) is 12.3. The third-order valence-corrected chi connectivity index (χ3v) is 12.3. The van der Waals surface area contributed by atoms with Crippen LogP contribution in [0.3, 0.4) is 0 Å². The lowest BCUT2D eigenvalue weighted by atomic mass is 9.41. The Morgan fingerprint density at radius 1 is 1.00 bits per heavy atom. The molecule has 5 rings (SSSR count). The van der Waals surface area contributed by atoms with Crippen LogP contribution in [0.1, 0.15) is 114 Å². The largest absolute Gasteiger partial charge is 0.462 e. The number of ether oxygens (including phenoxy) is 3. The van der Waals surface area contributed by atoms with Gasteiger partial charge in [-0.15, -0.1) is 0 Å². The Labute approximate surface area is 240 Å². The van der Waals surface area contributed by atoms with Crippen LogP contribution in [0.25, 0.3) is 0 Å². The predicted molar refractivity (Wildman–Crippen MR) is 153 cm³/mol. The monoisotopic (exact) mass is 554 g/mol. The molecule has 4 aliphatic carbocycles. The van der Waals surface area contributed by atoms with Crippen molar-refractivity contribution in [3.05, 3.63) is 23.3 Å². The van der Waals surface area contributed by atoms with Crippen LogP contribution in [0.4, 0.5) is 0 Å². The molecular weight excluding hydrogens is 504 g/mol. The van der Waals surface area contributed by atoms with Crippen molar-refractivity contribution in [1.82, 2.24) is 0 Å². The maximum absolute atomic E-state index is 14.2. The maximum Gasteiger partial charge on any atom is 0.314 e. The molecule has 0 bridgehead atoms. The fourth-order valence-corrected chi connectivity index (χ4v) is 10.8. The zero-order chi connectivity index (χ0) is 29.5. The van der Waals surface area contributed by atoms with Crippen molar-refractivity contribution in [2.24, 2.45) is 39.4 Å². The average molecular weight is 555 g/mol. The first kappa shape index (κ1) is 29.4. The van der Waals surface area contributed by atoms with Crippen LogP contribution in [0.15, 0.2) is 23.3 Å². The second-order valence-electron chi connectivity index (χ2n) is 15.2. The lowest BCUT2D eigenvalue weighted by Crippen LogP contribution is -2.59. The molecule has 6 heteroatoms. The minimum atomic E-state index is -0.692. The molecule has 0 amide bonds. The Morgan fingerprint density at radius 2 is 1.68 bits per heavy atom. The highest BCUT2D eigenvalue weighted by atomic mass is 16.6. The van der Waals surface area contributed by atoms with Gasteiger partial charge >= 0.3 is 17.9 Å². The second kappa shape index (κ2) is 9.46. The summed E-state index contributed by atoms with van der Waals surface area (Å²) >= 11 is 0. The highest BCUT2D eigenvalue weighted by Gasteiger charge is 2.79. The second-order valence-corrected chi connectivity index (χ2v) is 15.2. The Kier molecular flexibility index (Phi) is 6.95. The van der Waals surface area contributed by atoms with Gasteiger partial charge in [0.2, 0.25) is 0 Å². The fraction of sp³-hybridized carbons (Fsp3) is 0.794. The lowest BCUT2D eigenvalue weighted by Gasteiger charge is -2.63. The summed E-state index contributed by atoms with van der Waals surface area (Å²) in [6.07, 6.45) is 10.8. The quantitative estimate of drug-likeness (QED) is 0.205. The van der Waals surface area contributed by atoms with Gasteiger partial charge < -0.3 is 14.2 Å². The topological polar surface area (TPSA) is 78.9 Å². The summed E-state index contributed by atoms with van der Waals surface area (Å²) in [6, 6.07) is 0. The van der Waals surface area contributed by atoms with Gasteiger partial charge in [-0.25, -0.2) is 0 Å². The summed E-state index contributed by atoms with van der Waals surface area (Å²) in [4.78, 5) is 38.5. The Bertz CT molecular complexity index is 1160. The van der Waals surface area contributed by atoms with Crippen molar-refractivity contribution in [3.8, 4) is 0 Å². The van der Waals surface area contributed by atoms with E-state index in [1.54, 1.807) is 0 Å². The molecule has 6 nitrogen and oxygen atoms in total. The minimum Gasteiger partial charge on any atom is -0.462 e. The van der Waals surface area contributed by atoms with Crippen molar-refractivity contribution in [1.29, 1.82) is 0 Å². The van der Waals surface area contributed by atoms with Crippen molar-refractivity contribution in [3.63, 3.8) is 0 Å². The van der Waals surface area contributed by atoms with Crippen molar-refractivity contribution < 1.29 is 28.6 Å². The van der Waals surface area contributed by atoms with E-state index in [1.807, 2.05) is 0 Å². The number of hydrogen-bond acceptors (Lipinski definition) is 6. The van der Waals surface area contributed by atoms with E-state index in [9.17, 15) is 14.4 Å². The Balaban J connectivity index is 1.56. The van der Waals surface area contributed by atoms with Gasteiger partial charge in [0.15, 0.2) is 0 Å². The molecule has 1 spiro atoms. The Morgan fingerprint density at radius 3 is 2.30 bits per heavy atom. The molecule has 0 radical (unpaired) electrons. The van der Waals surface area contributed by atoms with Gasteiger partial charge in [-0.3, -0.25) is 14.4 Å². The molecule has 1 heterocycles. The summed E-state index contributed by atoms with van der Waals surface area (Å²) in [5.41, 5.74) is 0.713. The van der Waals surface area contributed by atoms with Crippen LogP contribution in [0.5, 0.6) is 0 Å². The van der Waals surface area contributed by atoms with Gasteiger partial charge in [0.1, 0.15) is 17.8 Å². The average Bonchev–Trinajstić information content (AvgIpc) is 3.22. The highest BCUT2D eigenvalue weighted by molar-refractivity contribution is 5.84. The normalized spacial score (nSPS) is 44.7. The van der Waals surface area contributed by atoms with Crippen LogP contribution in [0.2, 0.25) is 0 Å². The summed E-state index contributed by atoms with van der Waals surface area (Å²) in [5.74, 6) is -0.0606. The smallest absolute Gasteiger partial charge is 0.314 e. The first-order chi connectivity index (χ1) is 18.5.